The molecule has 0 saturated carbocycles. The van der Waals surface area contributed by atoms with Gasteiger partial charge in [0, 0.05) is 0 Å². The van der Waals surface area contributed by atoms with Crippen LogP contribution in [0.2, 0.25) is 0 Å². The van der Waals surface area contributed by atoms with Gasteiger partial charge in [0.05, 0.1) is 19.5 Å². The molecule has 1 aliphatic heterocycles. The van der Waals surface area contributed by atoms with Crippen molar-refractivity contribution in [2.75, 3.05) is 6.61 Å². The quantitative estimate of drug-likeness (QED) is 0.704. The highest BCUT2D eigenvalue weighted by molar-refractivity contribution is 5.79. The molecule has 3 nitrogen and oxygen atoms in total. The second-order valence-electron chi connectivity index (χ2n) is 4.79. The minimum atomic E-state index is -0.213. The monoisotopic (exact) mass is 260 g/mol. The van der Waals surface area contributed by atoms with Gasteiger partial charge in [0.1, 0.15) is 5.92 Å². The number of ether oxygens (including phenoxy) is 2. The largest absolute Gasteiger partial charge is 0.434 e. The molecule has 0 radical (unpaired) electrons. The molecule has 1 aromatic rings. The van der Waals surface area contributed by atoms with Gasteiger partial charge in [-0.05, 0) is 24.0 Å². The van der Waals surface area contributed by atoms with Gasteiger partial charge in [0.2, 0.25) is 0 Å². The molecule has 1 aliphatic rings. The fourth-order valence-corrected chi connectivity index (χ4v) is 2.11. The summed E-state index contributed by atoms with van der Waals surface area (Å²) in [6.45, 7) is 3.08. The van der Waals surface area contributed by atoms with E-state index in [1.807, 2.05) is 30.3 Å². The zero-order valence-corrected chi connectivity index (χ0v) is 11.3. The first-order valence-electron chi connectivity index (χ1n) is 6.82. The van der Waals surface area contributed by atoms with E-state index in [1.54, 1.807) is 6.26 Å². The summed E-state index contributed by atoms with van der Waals surface area (Å²) in [6.07, 6.45) is 4.72. The highest BCUT2D eigenvalue weighted by Gasteiger charge is 2.29. The van der Waals surface area contributed by atoms with Crippen LogP contribution < -0.4 is 0 Å². The second kappa shape index (κ2) is 7.10. The van der Waals surface area contributed by atoms with Crippen molar-refractivity contribution in [2.45, 2.75) is 32.8 Å². The van der Waals surface area contributed by atoms with Crippen LogP contribution in [-0.4, -0.2) is 12.6 Å². The van der Waals surface area contributed by atoms with Gasteiger partial charge in [-0.15, -0.1) is 0 Å². The summed E-state index contributed by atoms with van der Waals surface area (Å²) in [5.41, 5.74) is 2.19. The molecule has 0 spiro atoms. The van der Waals surface area contributed by atoms with Crippen LogP contribution in [0.5, 0.6) is 0 Å². The standard InChI is InChI=1S/C16H20O3/c1-2-3-9-14-11-19-16(17)15(14)12-18-10-13-7-5-4-6-8-13/h4-8,11,15H,2-3,9-10,12H2,1H3/t15-/m1/s1. The van der Waals surface area contributed by atoms with Crippen LogP contribution in [0.4, 0.5) is 0 Å². The van der Waals surface area contributed by atoms with E-state index in [4.69, 9.17) is 9.47 Å². The Kier molecular flexibility index (Phi) is 5.16. The summed E-state index contributed by atoms with van der Waals surface area (Å²) in [5, 5.41) is 0. The number of benzene rings is 1. The molecule has 0 unspecified atom stereocenters. The van der Waals surface area contributed by atoms with Gasteiger partial charge < -0.3 is 9.47 Å². The van der Waals surface area contributed by atoms with E-state index in [1.165, 1.54) is 0 Å². The van der Waals surface area contributed by atoms with Crippen LogP contribution >= 0.6 is 0 Å². The molecule has 19 heavy (non-hydrogen) atoms. The zero-order valence-electron chi connectivity index (χ0n) is 11.3. The highest BCUT2D eigenvalue weighted by atomic mass is 16.5. The number of hydrogen-bond donors (Lipinski definition) is 0. The Labute approximate surface area is 114 Å². The third-order valence-corrected chi connectivity index (χ3v) is 3.27. The lowest BCUT2D eigenvalue weighted by molar-refractivity contribution is -0.140. The Morgan fingerprint density at radius 2 is 2.05 bits per heavy atom. The maximum Gasteiger partial charge on any atom is 0.320 e. The van der Waals surface area contributed by atoms with Crippen LogP contribution in [0.3, 0.4) is 0 Å². The molecule has 1 heterocycles. The molecule has 3 heteroatoms. The average molecular weight is 260 g/mol. The summed E-state index contributed by atoms with van der Waals surface area (Å²) >= 11 is 0. The first kappa shape index (κ1) is 13.8. The van der Waals surface area contributed by atoms with Crippen LogP contribution in [-0.2, 0) is 20.9 Å². The second-order valence-corrected chi connectivity index (χ2v) is 4.79. The van der Waals surface area contributed by atoms with Crippen molar-refractivity contribution < 1.29 is 14.3 Å². The fraction of sp³-hybridized carbons (Fsp3) is 0.438. The summed E-state index contributed by atoms with van der Waals surface area (Å²) in [7, 11) is 0. The Morgan fingerprint density at radius 1 is 1.26 bits per heavy atom. The number of rotatable bonds is 7. The molecule has 0 bridgehead atoms. The van der Waals surface area contributed by atoms with Gasteiger partial charge >= 0.3 is 5.97 Å². The van der Waals surface area contributed by atoms with E-state index >= 15 is 0 Å². The van der Waals surface area contributed by atoms with Gasteiger partial charge in [-0.1, -0.05) is 43.7 Å². The van der Waals surface area contributed by atoms with E-state index in [0.717, 1.165) is 30.4 Å². The third kappa shape index (κ3) is 3.93. The number of esters is 1. The van der Waals surface area contributed by atoms with Gasteiger partial charge in [-0.2, -0.15) is 0 Å². The van der Waals surface area contributed by atoms with Crippen molar-refractivity contribution in [1.82, 2.24) is 0 Å². The smallest absolute Gasteiger partial charge is 0.320 e. The fourth-order valence-electron chi connectivity index (χ4n) is 2.11. The van der Waals surface area contributed by atoms with Crippen LogP contribution in [0.1, 0.15) is 31.7 Å². The van der Waals surface area contributed by atoms with E-state index < -0.39 is 0 Å². The number of carbonyl (C=O) groups is 1. The molecule has 102 valence electrons. The zero-order chi connectivity index (χ0) is 13.5. The minimum absolute atomic E-state index is 0.181. The highest BCUT2D eigenvalue weighted by Crippen LogP contribution is 2.25. The number of hydrogen-bond acceptors (Lipinski definition) is 3. The predicted molar refractivity (Wildman–Crippen MR) is 73.3 cm³/mol. The molecular weight excluding hydrogens is 240 g/mol. The van der Waals surface area contributed by atoms with E-state index in [0.29, 0.717) is 13.2 Å². The topological polar surface area (TPSA) is 35.5 Å². The number of unbranched alkanes of at least 4 members (excludes halogenated alkanes) is 1. The van der Waals surface area contributed by atoms with Crippen LogP contribution in [0.15, 0.2) is 42.2 Å². The van der Waals surface area contributed by atoms with Crippen molar-refractivity contribution >= 4 is 5.97 Å². The molecule has 0 N–H and O–H groups in total. The van der Waals surface area contributed by atoms with E-state index in [2.05, 4.69) is 6.92 Å². The number of carbonyl (C=O) groups excluding carboxylic acids is 1. The Bertz CT molecular complexity index is 437. The lowest BCUT2D eigenvalue weighted by Crippen LogP contribution is -2.18. The Balaban J connectivity index is 1.80. The molecule has 0 amide bonds. The van der Waals surface area contributed by atoms with Crippen molar-refractivity contribution in [3.63, 3.8) is 0 Å². The summed E-state index contributed by atoms with van der Waals surface area (Å²) in [6, 6.07) is 9.97. The van der Waals surface area contributed by atoms with Gasteiger partial charge in [0.25, 0.3) is 0 Å². The maximum absolute atomic E-state index is 11.6. The van der Waals surface area contributed by atoms with Crippen molar-refractivity contribution in [3.8, 4) is 0 Å². The summed E-state index contributed by atoms with van der Waals surface area (Å²) in [4.78, 5) is 11.6. The summed E-state index contributed by atoms with van der Waals surface area (Å²) < 4.78 is 10.6. The predicted octanol–water partition coefficient (Wildman–Crippen LogP) is 3.45. The maximum atomic E-state index is 11.6. The van der Waals surface area contributed by atoms with Gasteiger partial charge in [-0.3, -0.25) is 4.79 Å². The van der Waals surface area contributed by atoms with Crippen molar-refractivity contribution in [3.05, 3.63) is 47.7 Å². The SMILES string of the molecule is CCCCC1=COC(=O)[C@@H]1COCc1ccccc1. The molecule has 0 saturated heterocycles. The van der Waals surface area contributed by atoms with E-state index in [-0.39, 0.29) is 11.9 Å². The lowest BCUT2D eigenvalue weighted by Gasteiger charge is -2.11. The first-order chi connectivity index (χ1) is 9.31. The molecule has 0 aliphatic carbocycles. The van der Waals surface area contributed by atoms with Crippen LogP contribution in [0, 0.1) is 5.92 Å². The Hall–Kier alpha value is -1.61. The molecule has 1 atom stereocenters. The first-order valence-corrected chi connectivity index (χ1v) is 6.82. The minimum Gasteiger partial charge on any atom is -0.434 e. The molecule has 0 aromatic heterocycles. The molecular formula is C16H20O3. The van der Waals surface area contributed by atoms with Crippen molar-refractivity contribution in [1.29, 1.82) is 0 Å². The Morgan fingerprint density at radius 3 is 2.79 bits per heavy atom. The van der Waals surface area contributed by atoms with Crippen molar-refractivity contribution in [2.24, 2.45) is 5.92 Å². The normalized spacial score (nSPS) is 18.3. The third-order valence-electron chi connectivity index (χ3n) is 3.27. The summed E-state index contributed by atoms with van der Waals surface area (Å²) in [5.74, 6) is -0.394. The number of cyclic esters (lactones) is 1. The van der Waals surface area contributed by atoms with E-state index in [9.17, 15) is 4.79 Å². The van der Waals surface area contributed by atoms with Crippen LogP contribution in [0.25, 0.3) is 0 Å². The van der Waals surface area contributed by atoms with Gasteiger partial charge in [-0.25, -0.2) is 0 Å². The lowest BCUT2D eigenvalue weighted by atomic mass is 9.98. The molecule has 0 fully saturated rings. The molecule has 2 rings (SSSR count). The molecule has 1 aromatic carbocycles. The average Bonchev–Trinajstić information content (AvgIpc) is 2.79. The van der Waals surface area contributed by atoms with Gasteiger partial charge in [0.15, 0.2) is 0 Å².